The van der Waals surface area contributed by atoms with Crippen molar-refractivity contribution >= 4 is 0 Å². The molecule has 2 aliphatic rings. The molecule has 0 saturated heterocycles. The molecule has 2 nitrogen and oxygen atoms in total. The quantitative estimate of drug-likeness (QED) is 0.409. The lowest BCUT2D eigenvalue weighted by Gasteiger charge is -2.35. The summed E-state index contributed by atoms with van der Waals surface area (Å²) in [6, 6.07) is 0. The number of rotatable bonds is 0. The molecular formula is C28H58O2. The smallest absolute Gasteiger partial charge is 0.0543 e. The highest BCUT2D eigenvalue weighted by Gasteiger charge is 2.30. The lowest BCUT2D eigenvalue weighted by atomic mass is 9.71. The number of aliphatic hydroxyl groups excluding tert-OH is 2. The maximum Gasteiger partial charge on any atom is 0.0543 e. The van der Waals surface area contributed by atoms with E-state index in [9.17, 15) is 10.2 Å². The zero-order chi connectivity index (χ0) is 24.0. The van der Waals surface area contributed by atoms with Gasteiger partial charge in [-0.1, -0.05) is 89.5 Å². The average Bonchev–Trinajstić information content (AvgIpc) is 2.53. The van der Waals surface area contributed by atoms with Crippen molar-refractivity contribution in [2.24, 2.45) is 33.5 Å². The predicted octanol–water partition coefficient (Wildman–Crippen LogP) is 8.25. The summed E-state index contributed by atoms with van der Waals surface area (Å²) in [5, 5.41) is 18.7. The van der Waals surface area contributed by atoms with Crippen molar-refractivity contribution in [1.29, 1.82) is 0 Å². The molecule has 0 radical (unpaired) electrons. The topological polar surface area (TPSA) is 40.5 Å². The second-order valence-electron chi connectivity index (χ2n) is 14.3. The lowest BCUT2D eigenvalue weighted by molar-refractivity contribution is 0.0586. The van der Waals surface area contributed by atoms with E-state index in [-0.39, 0.29) is 12.2 Å². The van der Waals surface area contributed by atoms with E-state index in [1.54, 1.807) is 0 Å². The first-order valence-electron chi connectivity index (χ1n) is 12.6. The highest BCUT2D eigenvalue weighted by Crippen LogP contribution is 2.38. The minimum Gasteiger partial charge on any atom is -0.393 e. The van der Waals surface area contributed by atoms with E-state index in [0.29, 0.717) is 21.7 Å². The van der Waals surface area contributed by atoms with Gasteiger partial charge in [0.25, 0.3) is 0 Å². The maximum atomic E-state index is 9.44. The number of aliphatic hydroxyl groups is 2. The zero-order valence-corrected chi connectivity index (χ0v) is 22.9. The van der Waals surface area contributed by atoms with Crippen molar-refractivity contribution in [3.05, 3.63) is 0 Å². The minimum absolute atomic E-state index is 0.00593. The van der Waals surface area contributed by atoms with Gasteiger partial charge in [0.05, 0.1) is 12.2 Å². The van der Waals surface area contributed by atoms with Crippen LogP contribution in [-0.2, 0) is 0 Å². The number of hydrogen-bond acceptors (Lipinski definition) is 2. The van der Waals surface area contributed by atoms with E-state index in [1.165, 1.54) is 25.7 Å². The molecule has 0 bridgehead atoms. The van der Waals surface area contributed by atoms with Crippen LogP contribution in [0.25, 0.3) is 0 Å². The zero-order valence-electron chi connectivity index (χ0n) is 22.9. The third-order valence-electron chi connectivity index (χ3n) is 8.04. The van der Waals surface area contributed by atoms with Crippen LogP contribution in [0.5, 0.6) is 0 Å². The van der Waals surface area contributed by atoms with Gasteiger partial charge in [-0.25, -0.2) is 0 Å². The first kappa shape index (κ1) is 29.9. The van der Waals surface area contributed by atoms with Crippen LogP contribution in [0.2, 0.25) is 0 Å². The van der Waals surface area contributed by atoms with Gasteiger partial charge in [-0.2, -0.15) is 0 Å². The molecule has 0 aromatic carbocycles. The normalized spacial score (nSPS) is 28.6. The summed E-state index contributed by atoms with van der Waals surface area (Å²) in [4.78, 5) is 0. The number of hydrogen-bond donors (Lipinski definition) is 2. The van der Waals surface area contributed by atoms with Gasteiger partial charge in [0.15, 0.2) is 0 Å². The van der Waals surface area contributed by atoms with E-state index >= 15 is 0 Å². The van der Waals surface area contributed by atoms with Gasteiger partial charge in [0.1, 0.15) is 0 Å². The molecule has 2 saturated carbocycles. The second-order valence-corrected chi connectivity index (χ2v) is 14.3. The first-order chi connectivity index (χ1) is 13.2. The van der Waals surface area contributed by atoms with Crippen LogP contribution < -0.4 is 0 Å². The van der Waals surface area contributed by atoms with E-state index in [2.05, 4.69) is 83.1 Å². The third kappa shape index (κ3) is 12.1. The Morgan fingerprint density at radius 3 is 1.13 bits per heavy atom. The highest BCUT2D eigenvalue weighted by atomic mass is 16.3. The molecule has 0 aromatic heterocycles. The molecule has 0 heterocycles. The fraction of sp³-hybridized carbons (Fsp3) is 1.00. The molecule has 30 heavy (non-hydrogen) atoms. The Bertz CT molecular complexity index is 433. The summed E-state index contributed by atoms with van der Waals surface area (Å²) in [6.07, 6.45) is 8.99. The molecule has 0 aromatic rings. The van der Waals surface area contributed by atoms with E-state index in [4.69, 9.17) is 0 Å². The van der Waals surface area contributed by atoms with Gasteiger partial charge in [-0.05, 0) is 78.4 Å². The summed E-state index contributed by atoms with van der Waals surface area (Å²) < 4.78 is 0. The van der Waals surface area contributed by atoms with Crippen LogP contribution in [0.1, 0.15) is 134 Å². The molecule has 0 aliphatic heterocycles. The fourth-order valence-corrected chi connectivity index (χ4v) is 3.89. The SMILES string of the molecule is CC(C)(C)C(C)(C)C.CC(C)(C)C1CCC(O)CC1.CC(C)(C)[C@@H]1CCC[C@H](O)C1. The van der Waals surface area contributed by atoms with Gasteiger partial charge in [-0.3, -0.25) is 0 Å². The maximum absolute atomic E-state index is 9.44. The summed E-state index contributed by atoms with van der Waals surface area (Å²) in [6.45, 7) is 27.3. The highest BCUT2D eigenvalue weighted by molar-refractivity contribution is 4.81. The molecule has 2 rings (SSSR count). The van der Waals surface area contributed by atoms with Crippen molar-refractivity contribution in [2.75, 3.05) is 0 Å². The van der Waals surface area contributed by atoms with Crippen LogP contribution in [0.15, 0.2) is 0 Å². The molecule has 2 N–H and O–H groups in total. The Hall–Kier alpha value is -0.0800. The van der Waals surface area contributed by atoms with Crippen molar-refractivity contribution in [1.82, 2.24) is 0 Å². The Morgan fingerprint density at radius 1 is 0.467 bits per heavy atom. The van der Waals surface area contributed by atoms with Crippen LogP contribution in [0.4, 0.5) is 0 Å². The summed E-state index contributed by atoms with van der Waals surface area (Å²) in [7, 11) is 0. The monoisotopic (exact) mass is 426 g/mol. The van der Waals surface area contributed by atoms with Gasteiger partial charge < -0.3 is 10.2 Å². The summed E-state index contributed by atoms with van der Waals surface area (Å²) in [5.74, 6) is 1.55. The van der Waals surface area contributed by atoms with Crippen molar-refractivity contribution < 1.29 is 10.2 Å². The molecule has 2 fully saturated rings. The molecule has 0 spiro atoms. The van der Waals surface area contributed by atoms with E-state index in [1.807, 2.05) is 0 Å². The Labute approximate surface area is 190 Å². The van der Waals surface area contributed by atoms with Gasteiger partial charge >= 0.3 is 0 Å². The van der Waals surface area contributed by atoms with Crippen molar-refractivity contribution in [2.45, 2.75) is 147 Å². The Balaban J connectivity index is 0.000000428. The predicted molar refractivity (Wildman–Crippen MR) is 134 cm³/mol. The molecule has 0 amide bonds. The van der Waals surface area contributed by atoms with E-state index in [0.717, 1.165) is 37.5 Å². The lowest BCUT2D eigenvalue weighted by Crippen LogP contribution is -2.29. The fourth-order valence-electron chi connectivity index (χ4n) is 3.89. The second kappa shape index (κ2) is 11.7. The van der Waals surface area contributed by atoms with Gasteiger partial charge in [-0.15, -0.1) is 0 Å². The first-order valence-corrected chi connectivity index (χ1v) is 12.6. The molecule has 2 aliphatic carbocycles. The van der Waals surface area contributed by atoms with Crippen LogP contribution in [0, 0.1) is 33.5 Å². The van der Waals surface area contributed by atoms with Gasteiger partial charge in [0, 0.05) is 0 Å². The average molecular weight is 427 g/mol. The molecular weight excluding hydrogens is 368 g/mol. The Kier molecular flexibility index (Phi) is 11.7. The van der Waals surface area contributed by atoms with Crippen LogP contribution in [-0.4, -0.2) is 22.4 Å². The van der Waals surface area contributed by atoms with Crippen LogP contribution >= 0.6 is 0 Å². The van der Waals surface area contributed by atoms with E-state index < -0.39 is 0 Å². The minimum atomic E-state index is -0.0204. The molecule has 2 heteroatoms. The summed E-state index contributed by atoms with van der Waals surface area (Å²) >= 11 is 0. The molecule has 0 unspecified atom stereocenters. The molecule has 182 valence electrons. The Morgan fingerprint density at radius 2 is 0.867 bits per heavy atom. The van der Waals surface area contributed by atoms with Crippen LogP contribution in [0.3, 0.4) is 0 Å². The van der Waals surface area contributed by atoms with Gasteiger partial charge in [0.2, 0.25) is 0 Å². The standard InChI is InChI=1S/2C10H20O.C8H18/c1-10(2,3)8-4-6-9(11)7-5-8;1-10(2,3)8-5-4-6-9(11)7-8;1-7(2,3)8(4,5)6/h2*8-9,11H,4-7H2,1-3H3;1-6H3/t;8-,9+;/m.1./s1. The van der Waals surface area contributed by atoms with Crippen molar-refractivity contribution in [3.8, 4) is 0 Å². The largest absolute Gasteiger partial charge is 0.393 e. The molecule has 2 atom stereocenters. The summed E-state index contributed by atoms with van der Waals surface area (Å²) in [5.41, 5.74) is 1.71. The third-order valence-corrected chi connectivity index (χ3v) is 8.04. The van der Waals surface area contributed by atoms with Crippen molar-refractivity contribution in [3.63, 3.8) is 0 Å².